The molecule has 1 aliphatic heterocycles. The van der Waals surface area contributed by atoms with E-state index < -0.39 is 10.0 Å². The fraction of sp³-hybridized carbons (Fsp3) is 0.474. The van der Waals surface area contributed by atoms with Crippen molar-refractivity contribution >= 4 is 21.6 Å². The van der Waals surface area contributed by atoms with Crippen LogP contribution in [-0.4, -0.2) is 41.3 Å². The van der Waals surface area contributed by atoms with Crippen LogP contribution in [-0.2, 0) is 21.4 Å². The van der Waals surface area contributed by atoms with E-state index in [1.54, 1.807) is 0 Å². The highest BCUT2D eigenvalue weighted by atomic mass is 32.2. The van der Waals surface area contributed by atoms with Crippen molar-refractivity contribution in [2.45, 2.75) is 45.2 Å². The first-order valence-corrected chi connectivity index (χ1v) is 10.6. The van der Waals surface area contributed by atoms with Crippen LogP contribution in [0.15, 0.2) is 35.7 Å². The molecule has 27 heavy (non-hydrogen) atoms. The zero-order valence-electron chi connectivity index (χ0n) is 16.0. The molecule has 1 N–H and O–H groups in total. The maximum absolute atomic E-state index is 12.7. The van der Waals surface area contributed by atoms with Gasteiger partial charge in [0.15, 0.2) is 5.03 Å². The van der Waals surface area contributed by atoms with E-state index in [0.29, 0.717) is 19.0 Å². The molecular weight excluding hydrogens is 364 g/mol. The van der Waals surface area contributed by atoms with Crippen molar-refractivity contribution in [3.8, 4) is 0 Å². The molecule has 1 aromatic heterocycles. The molecular formula is C19H26N4O3S. The second-order valence-corrected chi connectivity index (χ2v) is 9.22. The van der Waals surface area contributed by atoms with Crippen LogP contribution in [0.4, 0.5) is 5.69 Å². The zero-order valence-corrected chi connectivity index (χ0v) is 16.8. The fourth-order valence-electron chi connectivity index (χ4n) is 3.23. The van der Waals surface area contributed by atoms with Gasteiger partial charge in [-0.2, -0.15) is 4.31 Å². The van der Waals surface area contributed by atoms with Crippen molar-refractivity contribution in [2.24, 2.45) is 5.92 Å². The number of anilines is 1. The van der Waals surface area contributed by atoms with Gasteiger partial charge in [-0.15, -0.1) is 0 Å². The van der Waals surface area contributed by atoms with Crippen LogP contribution in [0.1, 0.15) is 30.9 Å². The molecule has 0 aliphatic carbocycles. The van der Waals surface area contributed by atoms with Crippen molar-refractivity contribution in [2.75, 3.05) is 18.4 Å². The molecule has 146 valence electrons. The summed E-state index contributed by atoms with van der Waals surface area (Å²) in [6.45, 7) is 7.10. The van der Waals surface area contributed by atoms with E-state index in [-0.39, 0.29) is 17.5 Å². The third kappa shape index (κ3) is 4.56. The van der Waals surface area contributed by atoms with Crippen molar-refractivity contribution in [1.29, 1.82) is 0 Å². The topological polar surface area (TPSA) is 84.3 Å². The van der Waals surface area contributed by atoms with Gasteiger partial charge < -0.3 is 9.88 Å². The smallest absolute Gasteiger partial charge is 0.262 e. The number of rotatable bonds is 5. The molecule has 0 spiro atoms. The molecule has 1 fully saturated rings. The predicted octanol–water partition coefficient (Wildman–Crippen LogP) is 2.56. The zero-order chi connectivity index (χ0) is 19.6. The number of aromatic nitrogens is 2. The molecule has 2 heterocycles. The van der Waals surface area contributed by atoms with Crippen LogP contribution in [0.5, 0.6) is 0 Å². The second kappa shape index (κ2) is 7.82. The largest absolute Gasteiger partial charge is 0.327 e. The Balaban J connectivity index is 1.66. The molecule has 0 saturated carbocycles. The number of aryl methyl sites for hydroxylation is 2. The molecule has 1 amide bonds. The van der Waals surface area contributed by atoms with Gasteiger partial charge in [-0.3, -0.25) is 4.79 Å². The van der Waals surface area contributed by atoms with E-state index in [1.807, 2.05) is 32.0 Å². The molecule has 8 heteroatoms. The predicted molar refractivity (Wildman–Crippen MR) is 104 cm³/mol. The second-order valence-electron chi connectivity index (χ2n) is 7.34. The van der Waals surface area contributed by atoms with E-state index >= 15 is 0 Å². The average molecular weight is 391 g/mol. The fourth-order valence-corrected chi connectivity index (χ4v) is 4.63. The van der Waals surface area contributed by atoms with Crippen molar-refractivity contribution < 1.29 is 13.2 Å². The summed E-state index contributed by atoms with van der Waals surface area (Å²) in [7, 11) is -3.60. The number of hydrogen-bond acceptors (Lipinski definition) is 4. The van der Waals surface area contributed by atoms with Gasteiger partial charge in [0.25, 0.3) is 10.0 Å². The van der Waals surface area contributed by atoms with Gasteiger partial charge in [-0.25, -0.2) is 13.4 Å². The van der Waals surface area contributed by atoms with Gasteiger partial charge in [0.05, 0.1) is 6.33 Å². The van der Waals surface area contributed by atoms with Crippen LogP contribution >= 0.6 is 0 Å². The Hall–Kier alpha value is -2.19. The summed E-state index contributed by atoms with van der Waals surface area (Å²) in [6.07, 6.45) is 4.53. The Labute approximate surface area is 160 Å². The molecule has 0 bridgehead atoms. The number of carbonyl (C=O) groups excluding carboxylic acids is 1. The van der Waals surface area contributed by atoms with Crippen LogP contribution in [0.3, 0.4) is 0 Å². The first kappa shape index (κ1) is 19.6. The van der Waals surface area contributed by atoms with E-state index in [4.69, 9.17) is 0 Å². The first-order chi connectivity index (χ1) is 12.8. The summed E-state index contributed by atoms with van der Waals surface area (Å²) < 4.78 is 28.4. The standard InChI is InChI=1S/C19H26N4O3S/c1-14-6-8-23(9-7-14)27(25,26)19-12-22(13-20-19)11-18(24)21-17-5-4-15(2)10-16(17)3/h4-5,10,12-14H,6-9,11H2,1-3H3,(H,21,24). The molecule has 0 atom stereocenters. The normalized spacial score (nSPS) is 16.4. The maximum Gasteiger partial charge on any atom is 0.262 e. The summed E-state index contributed by atoms with van der Waals surface area (Å²) >= 11 is 0. The summed E-state index contributed by atoms with van der Waals surface area (Å²) in [5.74, 6) is 0.318. The maximum atomic E-state index is 12.7. The number of benzene rings is 1. The third-order valence-corrected chi connectivity index (χ3v) is 6.72. The number of piperidine rings is 1. The lowest BCUT2D eigenvalue weighted by Gasteiger charge is -2.28. The molecule has 3 rings (SSSR count). The first-order valence-electron chi connectivity index (χ1n) is 9.15. The lowest BCUT2D eigenvalue weighted by atomic mass is 10.0. The molecule has 2 aromatic rings. The molecule has 1 saturated heterocycles. The summed E-state index contributed by atoms with van der Waals surface area (Å²) in [5.41, 5.74) is 2.86. The van der Waals surface area contributed by atoms with E-state index in [2.05, 4.69) is 17.2 Å². The summed E-state index contributed by atoms with van der Waals surface area (Å²) in [6, 6.07) is 5.80. The number of imidazole rings is 1. The van der Waals surface area contributed by atoms with Crippen LogP contribution in [0.25, 0.3) is 0 Å². The van der Waals surface area contributed by atoms with Crippen LogP contribution < -0.4 is 5.32 Å². The highest BCUT2D eigenvalue weighted by molar-refractivity contribution is 7.89. The van der Waals surface area contributed by atoms with Crippen molar-refractivity contribution in [3.63, 3.8) is 0 Å². The van der Waals surface area contributed by atoms with Crippen LogP contribution in [0, 0.1) is 19.8 Å². The van der Waals surface area contributed by atoms with Gasteiger partial charge >= 0.3 is 0 Å². The summed E-state index contributed by atoms with van der Waals surface area (Å²) in [4.78, 5) is 16.3. The van der Waals surface area contributed by atoms with Gasteiger partial charge in [-0.05, 0) is 44.2 Å². The van der Waals surface area contributed by atoms with Gasteiger partial charge in [-0.1, -0.05) is 24.6 Å². The Morgan fingerprint density at radius 2 is 1.96 bits per heavy atom. The monoisotopic (exact) mass is 390 g/mol. The van der Waals surface area contributed by atoms with Gasteiger partial charge in [0, 0.05) is 25.0 Å². The molecule has 0 radical (unpaired) electrons. The highest BCUT2D eigenvalue weighted by Gasteiger charge is 2.29. The lowest BCUT2D eigenvalue weighted by molar-refractivity contribution is -0.116. The quantitative estimate of drug-likeness (QED) is 0.850. The number of nitrogens with zero attached hydrogens (tertiary/aromatic N) is 3. The van der Waals surface area contributed by atoms with Gasteiger partial charge in [0.1, 0.15) is 6.54 Å². The lowest BCUT2D eigenvalue weighted by Crippen LogP contribution is -2.38. The highest BCUT2D eigenvalue weighted by Crippen LogP contribution is 2.22. The SMILES string of the molecule is Cc1ccc(NC(=O)Cn2cnc(S(=O)(=O)N3CCC(C)CC3)c2)c(C)c1. The average Bonchev–Trinajstić information content (AvgIpc) is 3.07. The van der Waals surface area contributed by atoms with Crippen LogP contribution in [0.2, 0.25) is 0 Å². The third-order valence-electron chi connectivity index (χ3n) is 4.94. The number of hydrogen-bond donors (Lipinski definition) is 1. The minimum Gasteiger partial charge on any atom is -0.327 e. The molecule has 1 aliphatic rings. The Kier molecular flexibility index (Phi) is 5.67. The number of amides is 1. The Morgan fingerprint density at radius 3 is 2.63 bits per heavy atom. The number of nitrogens with one attached hydrogen (secondary N) is 1. The Bertz CT molecular complexity index is 928. The molecule has 0 unspecified atom stereocenters. The van der Waals surface area contributed by atoms with Crippen molar-refractivity contribution in [3.05, 3.63) is 41.9 Å². The Morgan fingerprint density at radius 1 is 1.26 bits per heavy atom. The minimum atomic E-state index is -3.60. The van der Waals surface area contributed by atoms with E-state index in [1.165, 1.54) is 21.4 Å². The van der Waals surface area contributed by atoms with E-state index in [9.17, 15) is 13.2 Å². The van der Waals surface area contributed by atoms with Gasteiger partial charge in [0.2, 0.25) is 5.91 Å². The number of sulfonamides is 1. The summed E-state index contributed by atoms with van der Waals surface area (Å²) in [5, 5.41) is 2.85. The van der Waals surface area contributed by atoms with E-state index in [0.717, 1.165) is 29.7 Å². The minimum absolute atomic E-state index is 0.00336. The van der Waals surface area contributed by atoms with Crippen molar-refractivity contribution in [1.82, 2.24) is 13.9 Å². The molecule has 1 aromatic carbocycles. The number of carbonyl (C=O) groups is 1. The molecule has 7 nitrogen and oxygen atoms in total.